The van der Waals surface area contributed by atoms with Gasteiger partial charge in [0, 0.05) is 24.3 Å². The second kappa shape index (κ2) is 5.41. The number of ether oxygens (including phenoxy) is 2. The summed E-state index contributed by atoms with van der Waals surface area (Å²) < 4.78 is 10.9. The molecule has 0 aliphatic carbocycles. The molecule has 2 rings (SSSR count). The molecule has 1 aliphatic rings. The highest BCUT2D eigenvalue weighted by molar-refractivity contribution is 5.30. The van der Waals surface area contributed by atoms with Gasteiger partial charge in [-0.25, -0.2) is 0 Å². The van der Waals surface area contributed by atoms with E-state index in [-0.39, 0.29) is 0 Å². The average molecular weight is 224 g/mol. The van der Waals surface area contributed by atoms with Crippen LogP contribution in [0.3, 0.4) is 0 Å². The minimum Gasteiger partial charge on any atom is -0.346 e. The summed E-state index contributed by atoms with van der Waals surface area (Å²) in [5.74, 6) is 0. The van der Waals surface area contributed by atoms with Crippen LogP contribution < -0.4 is 0 Å². The maximum atomic E-state index is 5.43. The van der Waals surface area contributed by atoms with E-state index in [1.807, 2.05) is 38.1 Å². The zero-order chi connectivity index (χ0) is 11.4. The summed E-state index contributed by atoms with van der Waals surface area (Å²) >= 11 is 0. The van der Waals surface area contributed by atoms with E-state index >= 15 is 0 Å². The van der Waals surface area contributed by atoms with Gasteiger partial charge in [0.2, 0.25) is 12.6 Å². The molecule has 1 heterocycles. The van der Waals surface area contributed by atoms with E-state index < -0.39 is 12.6 Å². The molecule has 0 N–H and O–H groups in total. The molecule has 0 radical (unpaired) electrons. The Morgan fingerprint density at radius 1 is 0.938 bits per heavy atom. The van der Waals surface area contributed by atoms with Crippen LogP contribution in [0.4, 0.5) is 0 Å². The van der Waals surface area contributed by atoms with E-state index in [1.54, 1.807) is 0 Å². The van der Waals surface area contributed by atoms with Gasteiger partial charge in [-0.15, -0.1) is 0 Å². The third-order valence-corrected chi connectivity index (χ3v) is 2.37. The second-order valence-corrected chi connectivity index (χ2v) is 3.40. The quantitative estimate of drug-likeness (QED) is 0.737. The molecule has 0 saturated carbocycles. The molecule has 2 atom stereocenters. The van der Waals surface area contributed by atoms with Gasteiger partial charge in [0.25, 0.3) is 0 Å². The van der Waals surface area contributed by atoms with Crippen LogP contribution in [0, 0.1) is 0 Å². The molecule has 4 nitrogen and oxygen atoms in total. The Bertz CT molecular complexity index is 307. The molecule has 0 bridgehead atoms. The van der Waals surface area contributed by atoms with E-state index in [4.69, 9.17) is 19.2 Å². The number of fused-ring (bicyclic) bond motifs is 1. The molecule has 4 heteroatoms. The normalized spacial score (nSPS) is 24.1. The van der Waals surface area contributed by atoms with Gasteiger partial charge in [-0.2, -0.15) is 9.78 Å². The van der Waals surface area contributed by atoms with E-state index in [2.05, 4.69) is 0 Å². The lowest BCUT2D eigenvalue weighted by molar-refractivity contribution is -0.453. The highest BCUT2D eigenvalue weighted by atomic mass is 17.2. The molecule has 0 amide bonds. The summed E-state index contributed by atoms with van der Waals surface area (Å²) in [6, 6.07) is 7.82. The zero-order valence-corrected chi connectivity index (χ0v) is 9.51. The Kier molecular flexibility index (Phi) is 3.90. The standard InChI is InChI=1S/C12H16O4/c1-3-13-11-9-7-5-6-8-10(9)12(14-4-2)16-15-11/h5-8,11-12H,3-4H2,1-2H3. The Balaban J connectivity index is 2.25. The van der Waals surface area contributed by atoms with Crippen molar-refractivity contribution < 1.29 is 19.2 Å². The predicted octanol–water partition coefficient (Wildman–Crippen LogP) is 2.72. The lowest BCUT2D eigenvalue weighted by atomic mass is 10.1. The molecule has 88 valence electrons. The summed E-state index contributed by atoms with van der Waals surface area (Å²) in [5.41, 5.74) is 1.93. The first-order chi connectivity index (χ1) is 7.86. The molecule has 0 fully saturated rings. The summed E-state index contributed by atoms with van der Waals surface area (Å²) in [5, 5.41) is 0. The van der Waals surface area contributed by atoms with E-state index in [9.17, 15) is 0 Å². The third kappa shape index (κ3) is 2.25. The third-order valence-electron chi connectivity index (χ3n) is 2.37. The Morgan fingerprint density at radius 3 is 1.75 bits per heavy atom. The van der Waals surface area contributed by atoms with Gasteiger partial charge in [-0.3, -0.25) is 0 Å². The Labute approximate surface area is 95.0 Å². The molecule has 2 unspecified atom stereocenters. The first-order valence-corrected chi connectivity index (χ1v) is 5.51. The van der Waals surface area contributed by atoms with Crippen LogP contribution >= 0.6 is 0 Å². The van der Waals surface area contributed by atoms with Crippen LogP contribution in [0.2, 0.25) is 0 Å². The van der Waals surface area contributed by atoms with Crippen molar-refractivity contribution in [2.75, 3.05) is 13.2 Å². The van der Waals surface area contributed by atoms with Crippen LogP contribution in [-0.4, -0.2) is 13.2 Å². The largest absolute Gasteiger partial charge is 0.346 e. The maximum absolute atomic E-state index is 5.43. The summed E-state index contributed by atoms with van der Waals surface area (Å²) in [6.07, 6.45) is -0.921. The van der Waals surface area contributed by atoms with Gasteiger partial charge in [0.15, 0.2) is 0 Å². The number of hydrogen-bond acceptors (Lipinski definition) is 4. The highest BCUT2D eigenvalue weighted by Crippen LogP contribution is 2.35. The first kappa shape index (κ1) is 11.5. The van der Waals surface area contributed by atoms with Gasteiger partial charge in [0.05, 0.1) is 0 Å². The van der Waals surface area contributed by atoms with Crippen molar-refractivity contribution in [3.8, 4) is 0 Å². The van der Waals surface area contributed by atoms with Crippen molar-refractivity contribution >= 4 is 0 Å². The van der Waals surface area contributed by atoms with E-state index in [0.29, 0.717) is 13.2 Å². The minimum atomic E-state index is -0.460. The second-order valence-electron chi connectivity index (χ2n) is 3.40. The molecular formula is C12H16O4. The zero-order valence-electron chi connectivity index (χ0n) is 9.51. The van der Waals surface area contributed by atoms with Crippen molar-refractivity contribution in [3.63, 3.8) is 0 Å². The van der Waals surface area contributed by atoms with Crippen LogP contribution in [0.25, 0.3) is 0 Å². The van der Waals surface area contributed by atoms with Gasteiger partial charge >= 0.3 is 0 Å². The van der Waals surface area contributed by atoms with Crippen molar-refractivity contribution in [2.45, 2.75) is 26.4 Å². The molecule has 0 spiro atoms. The molecule has 1 aromatic carbocycles. The number of benzene rings is 1. The molecular weight excluding hydrogens is 208 g/mol. The van der Waals surface area contributed by atoms with Crippen LogP contribution in [0.1, 0.15) is 37.6 Å². The van der Waals surface area contributed by atoms with E-state index in [1.165, 1.54) is 0 Å². The molecule has 1 aliphatic heterocycles. The average Bonchev–Trinajstić information content (AvgIpc) is 2.33. The molecule has 0 aromatic heterocycles. The molecule has 16 heavy (non-hydrogen) atoms. The maximum Gasteiger partial charge on any atom is 0.218 e. The summed E-state index contributed by atoms with van der Waals surface area (Å²) in [4.78, 5) is 10.3. The highest BCUT2D eigenvalue weighted by Gasteiger charge is 2.29. The van der Waals surface area contributed by atoms with Crippen molar-refractivity contribution in [1.29, 1.82) is 0 Å². The Morgan fingerprint density at radius 2 is 1.38 bits per heavy atom. The smallest absolute Gasteiger partial charge is 0.218 e. The van der Waals surface area contributed by atoms with E-state index in [0.717, 1.165) is 11.1 Å². The predicted molar refractivity (Wildman–Crippen MR) is 57.3 cm³/mol. The molecule has 0 saturated heterocycles. The Hall–Kier alpha value is -0.940. The SMILES string of the molecule is CCOC1OOC(OCC)c2ccccc21. The first-order valence-electron chi connectivity index (χ1n) is 5.51. The van der Waals surface area contributed by atoms with Crippen LogP contribution in [0.5, 0.6) is 0 Å². The molecule has 1 aromatic rings. The fourth-order valence-corrected chi connectivity index (χ4v) is 1.68. The fraction of sp³-hybridized carbons (Fsp3) is 0.500. The van der Waals surface area contributed by atoms with Gasteiger partial charge in [0.1, 0.15) is 0 Å². The summed E-state index contributed by atoms with van der Waals surface area (Å²) in [6.45, 7) is 4.98. The van der Waals surface area contributed by atoms with Crippen molar-refractivity contribution in [1.82, 2.24) is 0 Å². The topological polar surface area (TPSA) is 36.9 Å². The fourth-order valence-electron chi connectivity index (χ4n) is 1.68. The lowest BCUT2D eigenvalue weighted by Gasteiger charge is -2.29. The monoisotopic (exact) mass is 224 g/mol. The van der Waals surface area contributed by atoms with Crippen molar-refractivity contribution in [3.05, 3.63) is 35.4 Å². The summed E-state index contributed by atoms with van der Waals surface area (Å²) in [7, 11) is 0. The van der Waals surface area contributed by atoms with Gasteiger partial charge in [-0.05, 0) is 13.8 Å². The number of rotatable bonds is 4. The van der Waals surface area contributed by atoms with Crippen molar-refractivity contribution in [2.24, 2.45) is 0 Å². The van der Waals surface area contributed by atoms with Gasteiger partial charge < -0.3 is 9.47 Å². The number of hydrogen-bond donors (Lipinski definition) is 0. The lowest BCUT2D eigenvalue weighted by Crippen LogP contribution is -2.22. The van der Waals surface area contributed by atoms with Crippen LogP contribution in [0.15, 0.2) is 24.3 Å². The minimum absolute atomic E-state index is 0.460. The van der Waals surface area contributed by atoms with Gasteiger partial charge in [-0.1, -0.05) is 24.3 Å². The van der Waals surface area contributed by atoms with Crippen LogP contribution in [-0.2, 0) is 19.2 Å².